The van der Waals surface area contributed by atoms with Crippen LogP contribution in [0.4, 0.5) is 0 Å². The molecule has 0 saturated heterocycles. The molecule has 0 bridgehead atoms. The Kier molecular flexibility index (Phi) is 34.3. The minimum atomic E-state index is -1.30. The second kappa shape index (κ2) is 35.6. The minimum absolute atomic E-state index is 0.343. The Bertz CT molecular complexity index is 793. The van der Waals surface area contributed by atoms with E-state index in [0.29, 0.717) is 19.3 Å². The van der Waals surface area contributed by atoms with E-state index in [1.807, 2.05) is 0 Å². The third-order valence-electron chi connectivity index (χ3n) is 8.72. The summed E-state index contributed by atoms with van der Waals surface area (Å²) < 4.78 is 0. The molecule has 0 fully saturated rings. The summed E-state index contributed by atoms with van der Waals surface area (Å²) in [4.78, 5) is 12.4. The van der Waals surface area contributed by atoms with Crippen molar-refractivity contribution in [1.82, 2.24) is 5.32 Å². The molecule has 4 unspecified atom stereocenters. The number of amides is 1. The average molecular weight is 662 g/mol. The number of unbranched alkanes of at least 4 members (excludes halogenated alkanes) is 17. The molecule has 0 aromatic heterocycles. The Morgan fingerprint density at radius 3 is 1.38 bits per heavy atom. The monoisotopic (exact) mass is 662 g/mol. The average Bonchev–Trinajstić information content (AvgIpc) is 3.07. The van der Waals surface area contributed by atoms with E-state index in [-0.39, 0.29) is 0 Å². The molecule has 0 heterocycles. The summed E-state index contributed by atoms with van der Waals surface area (Å²) in [6, 6.07) is -1.01. The highest BCUT2D eigenvalue weighted by Crippen LogP contribution is 2.13. The van der Waals surface area contributed by atoms with Crippen LogP contribution >= 0.6 is 0 Å². The van der Waals surface area contributed by atoms with Gasteiger partial charge in [-0.2, -0.15) is 0 Å². The van der Waals surface area contributed by atoms with Crippen molar-refractivity contribution in [3.63, 3.8) is 0 Å². The van der Waals surface area contributed by atoms with Crippen molar-refractivity contribution in [3.05, 3.63) is 48.6 Å². The van der Waals surface area contributed by atoms with Gasteiger partial charge in [-0.1, -0.05) is 133 Å². The molecule has 0 aromatic carbocycles. The van der Waals surface area contributed by atoms with Crippen LogP contribution in [0.2, 0.25) is 0 Å². The van der Waals surface area contributed by atoms with Crippen LogP contribution in [-0.2, 0) is 4.79 Å². The van der Waals surface area contributed by atoms with Gasteiger partial charge in [0, 0.05) is 0 Å². The van der Waals surface area contributed by atoms with Gasteiger partial charge in [0.2, 0.25) is 5.91 Å². The van der Waals surface area contributed by atoms with Crippen LogP contribution < -0.4 is 5.32 Å². The molecular weight excluding hydrogens is 586 g/mol. The van der Waals surface area contributed by atoms with Crippen LogP contribution in [0.3, 0.4) is 0 Å². The third kappa shape index (κ3) is 30.1. The fraction of sp³-hybridized carbons (Fsp3) is 0.780. The lowest BCUT2D eigenvalue weighted by Crippen LogP contribution is -2.53. The number of rotatable bonds is 34. The van der Waals surface area contributed by atoms with Crippen LogP contribution in [-0.4, -0.2) is 57.3 Å². The zero-order valence-corrected chi connectivity index (χ0v) is 30.5. The van der Waals surface area contributed by atoms with Gasteiger partial charge < -0.3 is 25.7 Å². The molecular formula is C41H75NO5. The van der Waals surface area contributed by atoms with Gasteiger partial charge in [0.1, 0.15) is 12.2 Å². The molecule has 0 radical (unpaired) electrons. The predicted octanol–water partition coefficient (Wildman–Crippen LogP) is 9.56. The maximum Gasteiger partial charge on any atom is 0.249 e. The molecule has 4 atom stereocenters. The van der Waals surface area contributed by atoms with Crippen LogP contribution in [0.5, 0.6) is 0 Å². The lowest BCUT2D eigenvalue weighted by molar-refractivity contribution is -0.132. The summed E-state index contributed by atoms with van der Waals surface area (Å²) >= 11 is 0. The molecule has 0 saturated carbocycles. The molecule has 0 aliphatic rings. The van der Waals surface area contributed by atoms with Gasteiger partial charge in [0.05, 0.1) is 18.8 Å². The first-order valence-corrected chi connectivity index (χ1v) is 19.5. The second-order valence-corrected chi connectivity index (χ2v) is 13.2. The Morgan fingerprint density at radius 1 is 0.511 bits per heavy atom. The third-order valence-corrected chi connectivity index (χ3v) is 8.72. The fourth-order valence-electron chi connectivity index (χ4n) is 5.55. The summed E-state index contributed by atoms with van der Waals surface area (Å²) in [6.07, 6.45) is 41.3. The van der Waals surface area contributed by atoms with E-state index in [9.17, 15) is 25.2 Å². The summed E-state index contributed by atoms with van der Waals surface area (Å²) in [5.74, 6) is -0.612. The first-order chi connectivity index (χ1) is 23.0. The van der Waals surface area contributed by atoms with Gasteiger partial charge in [0.25, 0.3) is 0 Å². The number of carbonyl (C=O) groups is 1. The van der Waals surface area contributed by atoms with Crippen molar-refractivity contribution in [2.24, 2.45) is 0 Å². The first-order valence-electron chi connectivity index (χ1n) is 19.5. The van der Waals surface area contributed by atoms with Gasteiger partial charge in [-0.3, -0.25) is 4.79 Å². The van der Waals surface area contributed by atoms with Gasteiger partial charge in [-0.25, -0.2) is 0 Å². The number of nitrogens with one attached hydrogen (secondary N) is 1. The number of aliphatic hydroxyl groups excluding tert-OH is 4. The summed E-state index contributed by atoms with van der Waals surface area (Å²) in [7, 11) is 0. The molecule has 0 rings (SSSR count). The van der Waals surface area contributed by atoms with E-state index in [0.717, 1.165) is 64.2 Å². The molecule has 6 nitrogen and oxygen atoms in total. The molecule has 0 aliphatic carbocycles. The quantitative estimate of drug-likeness (QED) is 0.0349. The molecule has 0 spiro atoms. The Hall–Kier alpha value is -1.73. The van der Waals surface area contributed by atoms with E-state index >= 15 is 0 Å². The van der Waals surface area contributed by atoms with Crippen molar-refractivity contribution >= 4 is 5.91 Å². The number of aliphatic hydroxyl groups is 4. The minimum Gasteiger partial charge on any atom is -0.394 e. The van der Waals surface area contributed by atoms with Crippen molar-refractivity contribution in [2.45, 2.75) is 199 Å². The van der Waals surface area contributed by atoms with Crippen molar-refractivity contribution in [3.8, 4) is 0 Å². The topological polar surface area (TPSA) is 110 Å². The number of hydrogen-bond acceptors (Lipinski definition) is 5. The largest absolute Gasteiger partial charge is 0.394 e. The lowest BCUT2D eigenvalue weighted by Gasteiger charge is -2.27. The van der Waals surface area contributed by atoms with Gasteiger partial charge in [-0.05, 0) is 89.9 Å². The predicted molar refractivity (Wildman–Crippen MR) is 200 cm³/mol. The van der Waals surface area contributed by atoms with E-state index in [1.165, 1.54) is 77.0 Å². The van der Waals surface area contributed by atoms with Crippen molar-refractivity contribution < 1.29 is 25.2 Å². The van der Waals surface area contributed by atoms with Crippen LogP contribution in [0.25, 0.3) is 0 Å². The lowest BCUT2D eigenvalue weighted by atomic mass is 10.00. The smallest absolute Gasteiger partial charge is 0.249 e. The molecule has 6 heteroatoms. The van der Waals surface area contributed by atoms with Gasteiger partial charge >= 0.3 is 0 Å². The van der Waals surface area contributed by atoms with Crippen LogP contribution in [0.1, 0.15) is 174 Å². The Balaban J connectivity index is 3.92. The summed E-state index contributed by atoms with van der Waals surface area (Å²) in [5.41, 5.74) is 0. The van der Waals surface area contributed by atoms with Crippen molar-refractivity contribution in [2.75, 3.05) is 6.61 Å². The van der Waals surface area contributed by atoms with E-state index in [4.69, 9.17) is 0 Å². The van der Waals surface area contributed by atoms with Crippen LogP contribution in [0.15, 0.2) is 48.6 Å². The van der Waals surface area contributed by atoms with E-state index < -0.39 is 36.9 Å². The van der Waals surface area contributed by atoms with E-state index in [2.05, 4.69) is 67.8 Å². The number of allylic oxidation sites excluding steroid dienone is 8. The highest BCUT2D eigenvalue weighted by Gasteiger charge is 2.28. The normalized spacial score (nSPS) is 14.9. The maximum absolute atomic E-state index is 12.4. The molecule has 0 aliphatic heterocycles. The Labute approximate surface area is 289 Å². The zero-order valence-electron chi connectivity index (χ0n) is 30.5. The molecule has 47 heavy (non-hydrogen) atoms. The van der Waals surface area contributed by atoms with Gasteiger partial charge in [-0.15, -0.1) is 0 Å². The maximum atomic E-state index is 12.4. The molecule has 5 N–H and O–H groups in total. The second-order valence-electron chi connectivity index (χ2n) is 13.2. The molecule has 274 valence electrons. The standard InChI is InChI=1S/C41H75NO5/c1-3-5-7-9-11-13-15-17-19-21-22-24-26-28-30-32-34-38(44)40(46)37(36-43)42-41(47)39(45)35-33-31-29-27-25-23-20-18-16-14-12-10-8-6-4-2/h11,13,19-21,23,26,28,37-40,43-46H,3-10,12,14-18,22,24-25,27,29-36H2,1-2H3,(H,42,47)/b13-11+,21-19+,23-20-,28-26+. The molecule has 0 aromatic rings. The summed E-state index contributed by atoms with van der Waals surface area (Å²) in [5, 5.41) is 43.4. The fourth-order valence-corrected chi connectivity index (χ4v) is 5.55. The number of hydrogen-bond donors (Lipinski definition) is 5. The highest BCUT2D eigenvalue weighted by atomic mass is 16.3. The zero-order chi connectivity index (χ0) is 34.6. The SMILES string of the molecule is CCCCC/C=C/CC/C=C/CC/C=C/CCCC(O)C(O)C(CO)NC(=O)C(O)CCCCCC/C=C\CCCCCCCCC. The van der Waals surface area contributed by atoms with Crippen molar-refractivity contribution in [1.29, 1.82) is 0 Å². The Morgan fingerprint density at radius 2 is 0.894 bits per heavy atom. The molecule has 1 amide bonds. The number of carbonyl (C=O) groups excluding carboxylic acids is 1. The first kappa shape index (κ1) is 45.3. The van der Waals surface area contributed by atoms with E-state index in [1.54, 1.807) is 0 Å². The highest BCUT2D eigenvalue weighted by molar-refractivity contribution is 5.80. The van der Waals surface area contributed by atoms with Crippen LogP contribution in [0, 0.1) is 0 Å². The summed E-state index contributed by atoms with van der Waals surface area (Å²) in [6.45, 7) is 3.97. The van der Waals surface area contributed by atoms with Gasteiger partial charge in [0.15, 0.2) is 0 Å².